The van der Waals surface area contributed by atoms with E-state index >= 15 is 0 Å². The molecule has 0 amide bonds. The molecule has 112 valence electrons. The van der Waals surface area contributed by atoms with Gasteiger partial charge in [-0.3, -0.25) is 0 Å². The second-order valence-corrected chi connectivity index (χ2v) is 6.57. The fraction of sp³-hybridized carbons (Fsp3) is 0.533. The molecular formula is C15H19N3O2S. The van der Waals surface area contributed by atoms with Crippen LogP contribution in [0.15, 0.2) is 6.33 Å². The Labute approximate surface area is 127 Å². The number of nitrogens with zero attached hydrogens (tertiary/aromatic N) is 3. The third kappa shape index (κ3) is 2.48. The van der Waals surface area contributed by atoms with E-state index in [4.69, 9.17) is 0 Å². The Bertz CT molecular complexity index is 679. The maximum atomic E-state index is 11.3. The van der Waals surface area contributed by atoms with Crippen molar-refractivity contribution < 1.29 is 9.90 Å². The molecule has 0 spiro atoms. The molecule has 2 heterocycles. The molecule has 0 saturated heterocycles. The fourth-order valence-corrected chi connectivity index (χ4v) is 3.83. The Kier molecular flexibility index (Phi) is 3.80. The van der Waals surface area contributed by atoms with E-state index in [-0.39, 0.29) is 0 Å². The highest BCUT2D eigenvalue weighted by Crippen LogP contribution is 2.36. The van der Waals surface area contributed by atoms with Gasteiger partial charge in [0.2, 0.25) is 0 Å². The molecule has 5 nitrogen and oxygen atoms in total. The SMILES string of the molecule is CCN(CC1CCC1)c1ncnc2sc(C(=O)O)c(C)c12. The molecule has 21 heavy (non-hydrogen) atoms. The molecule has 3 rings (SSSR count). The summed E-state index contributed by atoms with van der Waals surface area (Å²) >= 11 is 1.24. The number of aromatic carboxylic acids is 1. The van der Waals surface area contributed by atoms with Gasteiger partial charge < -0.3 is 10.0 Å². The minimum atomic E-state index is -0.886. The lowest BCUT2D eigenvalue weighted by molar-refractivity contribution is 0.0701. The highest BCUT2D eigenvalue weighted by Gasteiger charge is 2.24. The molecule has 1 aliphatic carbocycles. The Hall–Kier alpha value is -1.69. The number of aryl methyl sites for hydroxylation is 1. The number of aromatic nitrogens is 2. The zero-order valence-corrected chi connectivity index (χ0v) is 13.1. The maximum Gasteiger partial charge on any atom is 0.346 e. The second kappa shape index (κ2) is 5.60. The van der Waals surface area contributed by atoms with Gasteiger partial charge in [-0.15, -0.1) is 11.3 Å². The third-order valence-electron chi connectivity index (χ3n) is 4.29. The van der Waals surface area contributed by atoms with Crippen LogP contribution in [0.5, 0.6) is 0 Å². The molecule has 1 saturated carbocycles. The molecule has 0 atom stereocenters. The van der Waals surface area contributed by atoms with Crippen LogP contribution in [0.3, 0.4) is 0 Å². The Morgan fingerprint density at radius 2 is 2.24 bits per heavy atom. The smallest absolute Gasteiger partial charge is 0.346 e. The fourth-order valence-electron chi connectivity index (χ4n) is 2.85. The lowest BCUT2D eigenvalue weighted by Gasteiger charge is -2.32. The van der Waals surface area contributed by atoms with Crippen molar-refractivity contribution in [1.82, 2.24) is 9.97 Å². The molecule has 1 fully saturated rings. The van der Waals surface area contributed by atoms with E-state index < -0.39 is 5.97 Å². The number of carboxylic acids is 1. The van der Waals surface area contributed by atoms with E-state index in [1.807, 2.05) is 6.92 Å². The van der Waals surface area contributed by atoms with Crippen LogP contribution in [-0.4, -0.2) is 34.1 Å². The first-order valence-electron chi connectivity index (χ1n) is 7.34. The summed E-state index contributed by atoms with van der Waals surface area (Å²) in [5.41, 5.74) is 0.783. The van der Waals surface area contributed by atoms with Gasteiger partial charge in [-0.1, -0.05) is 6.42 Å². The van der Waals surface area contributed by atoms with Crippen LogP contribution < -0.4 is 4.90 Å². The van der Waals surface area contributed by atoms with E-state index in [0.717, 1.165) is 40.6 Å². The van der Waals surface area contributed by atoms with E-state index in [0.29, 0.717) is 4.88 Å². The van der Waals surface area contributed by atoms with Crippen molar-refractivity contribution in [1.29, 1.82) is 0 Å². The predicted octanol–water partition coefficient (Wildman–Crippen LogP) is 3.32. The summed E-state index contributed by atoms with van der Waals surface area (Å²) in [7, 11) is 0. The van der Waals surface area contributed by atoms with Gasteiger partial charge in [0, 0.05) is 13.1 Å². The summed E-state index contributed by atoms with van der Waals surface area (Å²) in [6, 6.07) is 0. The summed E-state index contributed by atoms with van der Waals surface area (Å²) < 4.78 is 0. The van der Waals surface area contributed by atoms with Crippen molar-refractivity contribution >= 4 is 33.3 Å². The zero-order chi connectivity index (χ0) is 15.0. The van der Waals surface area contributed by atoms with Crippen molar-refractivity contribution in [2.45, 2.75) is 33.1 Å². The van der Waals surface area contributed by atoms with Crippen molar-refractivity contribution in [3.05, 3.63) is 16.8 Å². The van der Waals surface area contributed by atoms with E-state index in [2.05, 4.69) is 21.8 Å². The Morgan fingerprint density at radius 3 is 2.81 bits per heavy atom. The monoisotopic (exact) mass is 305 g/mol. The molecule has 0 bridgehead atoms. The average molecular weight is 305 g/mol. The second-order valence-electron chi connectivity index (χ2n) is 5.57. The molecule has 0 radical (unpaired) electrons. The first kappa shape index (κ1) is 14.3. The van der Waals surface area contributed by atoms with Crippen molar-refractivity contribution in [2.75, 3.05) is 18.0 Å². The normalized spacial score (nSPS) is 15.1. The highest BCUT2D eigenvalue weighted by molar-refractivity contribution is 7.20. The first-order valence-corrected chi connectivity index (χ1v) is 8.15. The number of carboxylic acid groups (broad SMARTS) is 1. The topological polar surface area (TPSA) is 66.3 Å². The molecule has 0 aromatic carbocycles. The van der Waals surface area contributed by atoms with Gasteiger partial charge in [0.1, 0.15) is 21.9 Å². The van der Waals surface area contributed by atoms with Gasteiger partial charge in [-0.05, 0) is 38.2 Å². The number of carbonyl (C=O) groups is 1. The maximum absolute atomic E-state index is 11.3. The van der Waals surface area contributed by atoms with Crippen molar-refractivity contribution in [3.63, 3.8) is 0 Å². The van der Waals surface area contributed by atoms with Gasteiger partial charge in [-0.2, -0.15) is 0 Å². The van der Waals surface area contributed by atoms with Gasteiger partial charge in [0.05, 0.1) is 5.39 Å². The van der Waals surface area contributed by atoms with Crippen LogP contribution >= 0.6 is 11.3 Å². The summed E-state index contributed by atoms with van der Waals surface area (Å²) in [4.78, 5) is 23.4. The van der Waals surface area contributed by atoms with Gasteiger partial charge in [0.25, 0.3) is 0 Å². The molecule has 0 aliphatic heterocycles. The van der Waals surface area contributed by atoms with Crippen LogP contribution in [0.4, 0.5) is 5.82 Å². The summed E-state index contributed by atoms with van der Waals surface area (Å²) in [5, 5.41) is 10.2. The van der Waals surface area contributed by atoms with Crippen LogP contribution in [0, 0.1) is 12.8 Å². The molecule has 6 heteroatoms. The summed E-state index contributed by atoms with van der Waals surface area (Å²) in [6.07, 6.45) is 5.44. The quantitative estimate of drug-likeness (QED) is 0.918. The number of fused-ring (bicyclic) bond motifs is 1. The van der Waals surface area contributed by atoms with E-state index in [1.54, 1.807) is 6.33 Å². The lowest BCUT2D eigenvalue weighted by Crippen LogP contribution is -2.33. The Balaban J connectivity index is 2.05. The molecular weight excluding hydrogens is 286 g/mol. The zero-order valence-electron chi connectivity index (χ0n) is 12.3. The molecule has 1 aliphatic rings. The largest absolute Gasteiger partial charge is 0.477 e. The Morgan fingerprint density at radius 1 is 1.48 bits per heavy atom. The number of hydrogen-bond donors (Lipinski definition) is 1. The molecule has 1 N–H and O–H groups in total. The lowest BCUT2D eigenvalue weighted by atomic mass is 9.85. The standard InChI is InChI=1S/C15H19N3O2S/c1-3-18(7-10-5-4-6-10)13-11-9(2)12(15(19)20)21-14(11)17-8-16-13/h8,10H,3-7H2,1-2H3,(H,19,20). The predicted molar refractivity (Wildman–Crippen MR) is 84.3 cm³/mol. The van der Waals surface area contributed by atoms with Crippen molar-refractivity contribution in [2.24, 2.45) is 5.92 Å². The molecule has 2 aromatic rings. The highest BCUT2D eigenvalue weighted by atomic mass is 32.1. The minimum absolute atomic E-state index is 0.367. The van der Waals surface area contributed by atoms with E-state index in [9.17, 15) is 9.90 Å². The van der Waals surface area contributed by atoms with Crippen LogP contribution in [-0.2, 0) is 0 Å². The van der Waals surface area contributed by atoms with E-state index in [1.165, 1.54) is 30.6 Å². The van der Waals surface area contributed by atoms with Gasteiger partial charge in [-0.25, -0.2) is 14.8 Å². The van der Waals surface area contributed by atoms with Crippen LogP contribution in [0.2, 0.25) is 0 Å². The third-order valence-corrected chi connectivity index (χ3v) is 5.47. The summed E-state index contributed by atoms with van der Waals surface area (Å²) in [5.74, 6) is 0.743. The minimum Gasteiger partial charge on any atom is -0.477 e. The number of rotatable bonds is 5. The number of hydrogen-bond acceptors (Lipinski definition) is 5. The molecule has 2 aromatic heterocycles. The average Bonchev–Trinajstić information content (AvgIpc) is 2.76. The van der Waals surface area contributed by atoms with Gasteiger partial charge in [0.15, 0.2) is 0 Å². The number of thiophene rings is 1. The molecule has 0 unspecified atom stereocenters. The van der Waals surface area contributed by atoms with Gasteiger partial charge >= 0.3 is 5.97 Å². The first-order chi connectivity index (χ1) is 10.1. The summed E-state index contributed by atoms with van der Waals surface area (Å²) in [6.45, 7) is 5.85. The van der Waals surface area contributed by atoms with Crippen LogP contribution in [0.1, 0.15) is 41.4 Å². The van der Waals surface area contributed by atoms with Crippen molar-refractivity contribution in [3.8, 4) is 0 Å². The van der Waals surface area contributed by atoms with Crippen LogP contribution in [0.25, 0.3) is 10.2 Å². The number of anilines is 1.